The molecule has 1 heterocycles. The Morgan fingerprint density at radius 3 is 2.54 bits per heavy atom. The van der Waals surface area contributed by atoms with Crippen LogP contribution in [0.15, 0.2) is 53.5 Å². The number of aromatic hydroxyl groups is 1. The molecule has 0 saturated heterocycles. The third kappa shape index (κ3) is 7.58. The van der Waals surface area contributed by atoms with Crippen molar-refractivity contribution >= 4 is 23.5 Å². The average molecular weight is 531 g/mol. The van der Waals surface area contributed by atoms with E-state index in [1.54, 1.807) is 51.1 Å². The zero-order valence-corrected chi connectivity index (χ0v) is 21.9. The summed E-state index contributed by atoms with van der Waals surface area (Å²) in [5.41, 5.74) is 0.985. The molecule has 1 saturated carbocycles. The molecule has 0 atom stereocenters. The number of carbonyl (C=O) groups is 2. The third-order valence-electron chi connectivity index (χ3n) is 5.71. The Labute approximate surface area is 225 Å². The van der Waals surface area contributed by atoms with Gasteiger partial charge in [-0.2, -0.15) is 5.26 Å². The number of amides is 2. The molecule has 0 radical (unpaired) electrons. The Balaban J connectivity index is 1.61. The van der Waals surface area contributed by atoms with Gasteiger partial charge >= 0.3 is 6.09 Å². The van der Waals surface area contributed by atoms with Crippen LogP contribution in [0.25, 0.3) is 11.3 Å². The standard InChI is InChI=1S/C28H30N6O5/c1-28(2,3)39-27(38)33-21-10-19(11-22(35)12-21)23-15-31-25(32-20-8-9-20)26(37)34(23)16-24(36)30-14-18-6-4-17(13-29)5-7-18/h4-7,10-12,15,20,35H,8-9,14,16H2,1-3H3,(H,30,36)(H,31,32)(H,33,38). The van der Waals surface area contributed by atoms with Crippen molar-refractivity contribution in [3.8, 4) is 23.1 Å². The van der Waals surface area contributed by atoms with Gasteiger partial charge in [-0.1, -0.05) is 12.1 Å². The molecule has 2 aromatic carbocycles. The van der Waals surface area contributed by atoms with Gasteiger partial charge in [-0.15, -0.1) is 0 Å². The number of aromatic nitrogens is 2. The molecule has 0 bridgehead atoms. The molecule has 1 aromatic heterocycles. The minimum Gasteiger partial charge on any atom is -0.508 e. The van der Waals surface area contributed by atoms with Gasteiger partial charge in [0.25, 0.3) is 5.56 Å². The van der Waals surface area contributed by atoms with Crippen LogP contribution in [-0.2, 0) is 22.6 Å². The quantitative estimate of drug-likeness (QED) is 0.343. The molecule has 1 aliphatic rings. The van der Waals surface area contributed by atoms with E-state index in [0.717, 1.165) is 18.4 Å². The number of rotatable bonds is 8. The minimum atomic E-state index is -0.719. The molecule has 0 spiro atoms. The highest BCUT2D eigenvalue weighted by molar-refractivity contribution is 5.86. The van der Waals surface area contributed by atoms with Crippen LogP contribution in [0.1, 0.15) is 44.7 Å². The molecular weight excluding hydrogens is 500 g/mol. The molecule has 2 amide bonds. The maximum atomic E-state index is 13.4. The maximum absolute atomic E-state index is 13.4. The van der Waals surface area contributed by atoms with Crippen molar-refractivity contribution in [1.82, 2.24) is 14.9 Å². The lowest BCUT2D eigenvalue weighted by molar-refractivity contribution is -0.121. The Morgan fingerprint density at radius 2 is 1.90 bits per heavy atom. The fourth-order valence-electron chi connectivity index (χ4n) is 3.75. The number of anilines is 2. The van der Waals surface area contributed by atoms with Gasteiger partial charge in [0.1, 0.15) is 17.9 Å². The smallest absolute Gasteiger partial charge is 0.412 e. The van der Waals surface area contributed by atoms with Crippen molar-refractivity contribution in [1.29, 1.82) is 5.26 Å². The van der Waals surface area contributed by atoms with Gasteiger partial charge in [0, 0.05) is 29.9 Å². The lowest BCUT2D eigenvalue weighted by atomic mass is 10.1. The fraction of sp³-hybridized carbons (Fsp3) is 0.321. The molecule has 3 aromatic rings. The van der Waals surface area contributed by atoms with Crippen molar-refractivity contribution in [2.24, 2.45) is 0 Å². The first-order valence-corrected chi connectivity index (χ1v) is 12.5. The van der Waals surface area contributed by atoms with Gasteiger partial charge in [-0.3, -0.25) is 19.5 Å². The van der Waals surface area contributed by atoms with Crippen LogP contribution < -0.4 is 21.5 Å². The number of nitriles is 1. The molecule has 11 nitrogen and oxygen atoms in total. The third-order valence-corrected chi connectivity index (χ3v) is 5.71. The molecule has 0 aliphatic heterocycles. The van der Waals surface area contributed by atoms with E-state index < -0.39 is 23.2 Å². The van der Waals surface area contributed by atoms with Gasteiger partial charge in [0.05, 0.1) is 23.5 Å². The van der Waals surface area contributed by atoms with Crippen LogP contribution in [0, 0.1) is 11.3 Å². The zero-order valence-electron chi connectivity index (χ0n) is 21.9. The van der Waals surface area contributed by atoms with E-state index in [0.29, 0.717) is 11.1 Å². The number of phenols is 1. The van der Waals surface area contributed by atoms with Crippen molar-refractivity contribution in [3.63, 3.8) is 0 Å². The zero-order chi connectivity index (χ0) is 28.2. The predicted molar refractivity (Wildman–Crippen MR) is 145 cm³/mol. The van der Waals surface area contributed by atoms with Crippen molar-refractivity contribution < 1.29 is 19.4 Å². The highest BCUT2D eigenvalue weighted by Crippen LogP contribution is 2.29. The first kappa shape index (κ1) is 27.2. The summed E-state index contributed by atoms with van der Waals surface area (Å²) < 4.78 is 6.56. The Bertz CT molecular complexity index is 1480. The van der Waals surface area contributed by atoms with Crippen LogP contribution in [0.5, 0.6) is 5.75 Å². The second-order valence-corrected chi connectivity index (χ2v) is 10.3. The van der Waals surface area contributed by atoms with Gasteiger partial charge in [-0.05, 0) is 63.4 Å². The van der Waals surface area contributed by atoms with E-state index in [-0.39, 0.29) is 42.1 Å². The highest BCUT2D eigenvalue weighted by atomic mass is 16.6. The van der Waals surface area contributed by atoms with Crippen LogP contribution in [0.2, 0.25) is 0 Å². The highest BCUT2D eigenvalue weighted by Gasteiger charge is 2.24. The largest absolute Gasteiger partial charge is 0.508 e. The van der Waals surface area contributed by atoms with E-state index in [4.69, 9.17) is 10.00 Å². The number of ether oxygens (including phenoxy) is 1. The second-order valence-electron chi connectivity index (χ2n) is 10.3. The molecule has 202 valence electrons. The van der Waals surface area contributed by atoms with E-state index >= 15 is 0 Å². The van der Waals surface area contributed by atoms with Gasteiger partial charge in [-0.25, -0.2) is 9.78 Å². The van der Waals surface area contributed by atoms with Crippen molar-refractivity contribution in [3.05, 3.63) is 70.1 Å². The molecule has 39 heavy (non-hydrogen) atoms. The summed E-state index contributed by atoms with van der Waals surface area (Å²) in [6.45, 7) is 5.09. The van der Waals surface area contributed by atoms with E-state index in [1.165, 1.54) is 22.9 Å². The van der Waals surface area contributed by atoms with Crippen LogP contribution in [0.4, 0.5) is 16.3 Å². The Kier molecular flexibility index (Phi) is 7.85. The average Bonchev–Trinajstić information content (AvgIpc) is 3.68. The van der Waals surface area contributed by atoms with Crippen LogP contribution in [0.3, 0.4) is 0 Å². The first-order chi connectivity index (χ1) is 18.5. The number of hydrogen-bond acceptors (Lipinski definition) is 8. The summed E-state index contributed by atoms with van der Waals surface area (Å²) in [4.78, 5) is 42.9. The monoisotopic (exact) mass is 530 g/mol. The first-order valence-electron chi connectivity index (χ1n) is 12.5. The second kappa shape index (κ2) is 11.3. The maximum Gasteiger partial charge on any atom is 0.412 e. The van der Waals surface area contributed by atoms with Crippen molar-refractivity contribution in [2.75, 3.05) is 10.6 Å². The number of nitrogens with one attached hydrogen (secondary N) is 3. The number of benzene rings is 2. The molecular formula is C28H30N6O5. The molecule has 11 heteroatoms. The number of hydrogen-bond donors (Lipinski definition) is 4. The molecule has 4 N–H and O–H groups in total. The Hall–Kier alpha value is -4.85. The molecule has 1 aliphatic carbocycles. The number of phenolic OH excluding ortho intramolecular Hbond substituents is 1. The van der Waals surface area contributed by atoms with Crippen LogP contribution in [-0.4, -0.2) is 38.3 Å². The summed E-state index contributed by atoms with van der Waals surface area (Å²) in [5.74, 6) is -0.449. The number of carbonyl (C=O) groups excluding carboxylic acids is 2. The molecule has 1 fully saturated rings. The summed E-state index contributed by atoms with van der Waals surface area (Å²) in [5, 5.41) is 27.8. The minimum absolute atomic E-state index is 0.133. The van der Waals surface area contributed by atoms with Gasteiger partial charge < -0.3 is 20.5 Å². The van der Waals surface area contributed by atoms with Crippen LogP contribution >= 0.6 is 0 Å². The summed E-state index contributed by atoms with van der Waals surface area (Å²) in [7, 11) is 0. The lowest BCUT2D eigenvalue weighted by Crippen LogP contribution is -2.34. The van der Waals surface area contributed by atoms with Gasteiger partial charge in [0.15, 0.2) is 5.82 Å². The predicted octanol–water partition coefficient (Wildman–Crippen LogP) is 3.73. The Morgan fingerprint density at radius 1 is 1.18 bits per heavy atom. The van der Waals surface area contributed by atoms with E-state index in [9.17, 15) is 19.5 Å². The fourth-order valence-corrected chi connectivity index (χ4v) is 3.75. The lowest BCUT2D eigenvalue weighted by Gasteiger charge is -2.20. The summed E-state index contributed by atoms with van der Waals surface area (Å²) >= 11 is 0. The topological polar surface area (TPSA) is 158 Å². The van der Waals surface area contributed by atoms with E-state index in [2.05, 4.69) is 20.9 Å². The van der Waals surface area contributed by atoms with Gasteiger partial charge in [0.2, 0.25) is 5.91 Å². The SMILES string of the molecule is CC(C)(C)OC(=O)Nc1cc(O)cc(-c2cnc(NC3CC3)c(=O)n2CC(=O)NCc2ccc(C#N)cc2)c1. The molecule has 4 rings (SSSR count). The normalized spacial score (nSPS) is 12.8. The summed E-state index contributed by atoms with van der Waals surface area (Å²) in [6.07, 6.45) is 2.60. The molecule has 0 unspecified atom stereocenters. The summed E-state index contributed by atoms with van der Waals surface area (Å²) in [6, 6.07) is 13.3. The van der Waals surface area contributed by atoms with Crippen molar-refractivity contribution in [2.45, 2.75) is 58.3 Å². The van der Waals surface area contributed by atoms with E-state index in [1.807, 2.05) is 6.07 Å². The number of nitrogens with zero attached hydrogens (tertiary/aromatic N) is 3.